The molecule has 7 nitrogen and oxygen atoms in total. The lowest BCUT2D eigenvalue weighted by atomic mass is 9.75. The van der Waals surface area contributed by atoms with Crippen LogP contribution in [0.5, 0.6) is 0 Å². The zero-order valence-electron chi connectivity index (χ0n) is 19.2. The summed E-state index contributed by atoms with van der Waals surface area (Å²) in [5, 5.41) is 11.8. The maximum Gasteiger partial charge on any atom is 0.408 e. The van der Waals surface area contributed by atoms with E-state index in [4.69, 9.17) is 9.84 Å². The van der Waals surface area contributed by atoms with Gasteiger partial charge in [0.1, 0.15) is 12.1 Å². The number of amides is 2. The number of carboxylic acids is 1. The summed E-state index contributed by atoms with van der Waals surface area (Å²) in [5.74, 6) is -0.700. The molecule has 1 saturated heterocycles. The average molecular weight is 463 g/mol. The summed E-state index contributed by atoms with van der Waals surface area (Å²) < 4.78 is 5.68. The Morgan fingerprint density at radius 2 is 1.68 bits per heavy atom. The number of benzene rings is 2. The molecule has 1 heterocycles. The van der Waals surface area contributed by atoms with Crippen molar-refractivity contribution in [1.82, 2.24) is 10.2 Å². The Kier molecular flexibility index (Phi) is 6.02. The van der Waals surface area contributed by atoms with E-state index in [0.29, 0.717) is 32.4 Å². The highest BCUT2D eigenvalue weighted by molar-refractivity contribution is 5.91. The zero-order chi connectivity index (χ0) is 23.7. The molecule has 34 heavy (non-hydrogen) atoms. The van der Waals surface area contributed by atoms with Crippen molar-refractivity contribution in [2.75, 3.05) is 19.7 Å². The number of nitrogens with zero attached hydrogens (tertiary/aromatic N) is 1. The number of nitrogens with one attached hydrogen (secondary N) is 1. The number of rotatable bonds is 7. The van der Waals surface area contributed by atoms with Gasteiger partial charge in [0.15, 0.2) is 0 Å². The lowest BCUT2D eigenvalue weighted by Crippen LogP contribution is -2.63. The van der Waals surface area contributed by atoms with Crippen LogP contribution in [-0.2, 0) is 14.3 Å². The van der Waals surface area contributed by atoms with Gasteiger partial charge in [-0.3, -0.25) is 9.59 Å². The van der Waals surface area contributed by atoms with Gasteiger partial charge < -0.3 is 20.1 Å². The monoisotopic (exact) mass is 462 g/mol. The second kappa shape index (κ2) is 9.12. The van der Waals surface area contributed by atoms with Gasteiger partial charge >= 0.3 is 12.1 Å². The van der Waals surface area contributed by atoms with Crippen molar-refractivity contribution in [3.8, 4) is 11.1 Å². The van der Waals surface area contributed by atoms with Crippen molar-refractivity contribution in [2.45, 2.75) is 50.0 Å². The normalized spacial score (nSPS) is 20.2. The quantitative estimate of drug-likeness (QED) is 0.644. The Balaban J connectivity index is 1.21. The number of ether oxygens (including phenoxy) is 1. The molecule has 2 aliphatic carbocycles. The van der Waals surface area contributed by atoms with E-state index in [0.717, 1.165) is 24.0 Å². The lowest BCUT2D eigenvalue weighted by Gasteiger charge is -2.42. The molecule has 0 radical (unpaired) electrons. The minimum atomic E-state index is -0.899. The van der Waals surface area contributed by atoms with Crippen LogP contribution < -0.4 is 5.32 Å². The van der Waals surface area contributed by atoms with Crippen LogP contribution in [0.3, 0.4) is 0 Å². The van der Waals surface area contributed by atoms with Gasteiger partial charge in [-0.15, -0.1) is 0 Å². The summed E-state index contributed by atoms with van der Waals surface area (Å²) in [6.45, 7) is 1.38. The fourth-order valence-corrected chi connectivity index (χ4v) is 5.64. The summed E-state index contributed by atoms with van der Waals surface area (Å²) >= 11 is 0. The number of carbonyl (C=O) groups is 3. The van der Waals surface area contributed by atoms with Gasteiger partial charge in [0.25, 0.3) is 0 Å². The van der Waals surface area contributed by atoms with E-state index in [2.05, 4.69) is 29.6 Å². The van der Waals surface area contributed by atoms with E-state index in [-0.39, 0.29) is 30.8 Å². The molecular weight excluding hydrogens is 432 g/mol. The van der Waals surface area contributed by atoms with Crippen molar-refractivity contribution >= 4 is 18.0 Å². The molecule has 2 aromatic rings. The minimum absolute atomic E-state index is 0.0280. The Morgan fingerprint density at radius 1 is 1.03 bits per heavy atom. The first kappa shape index (κ1) is 22.4. The molecule has 1 unspecified atom stereocenters. The second-order valence-electron chi connectivity index (χ2n) is 9.72. The highest BCUT2D eigenvalue weighted by atomic mass is 16.5. The van der Waals surface area contributed by atoms with Crippen molar-refractivity contribution in [3.05, 3.63) is 59.7 Å². The van der Waals surface area contributed by atoms with Crippen molar-refractivity contribution < 1.29 is 24.2 Å². The van der Waals surface area contributed by atoms with Crippen LogP contribution in [0.15, 0.2) is 48.5 Å². The van der Waals surface area contributed by atoms with Gasteiger partial charge in [0, 0.05) is 25.4 Å². The lowest BCUT2D eigenvalue weighted by molar-refractivity contribution is -0.140. The van der Waals surface area contributed by atoms with Crippen LogP contribution in [0.25, 0.3) is 11.1 Å². The molecule has 178 valence electrons. The minimum Gasteiger partial charge on any atom is -0.481 e. The van der Waals surface area contributed by atoms with E-state index in [1.165, 1.54) is 11.1 Å². The van der Waals surface area contributed by atoms with Gasteiger partial charge in [-0.2, -0.15) is 0 Å². The predicted octanol–water partition coefficient (Wildman–Crippen LogP) is 4.16. The van der Waals surface area contributed by atoms with Crippen LogP contribution in [-0.4, -0.2) is 53.2 Å². The maximum absolute atomic E-state index is 13.3. The largest absolute Gasteiger partial charge is 0.481 e. The molecule has 1 saturated carbocycles. The SMILES string of the molecule is O=C(O)CCC1CCN(C(=O)C2(NC(=O)OCC3c4ccccc4-c4ccccc43)CCC2)C1. The summed E-state index contributed by atoms with van der Waals surface area (Å²) in [6, 6.07) is 16.4. The second-order valence-corrected chi connectivity index (χ2v) is 9.72. The standard InChI is InChI=1S/C27H30N2O5/c30-24(31)11-10-18-12-15-29(16-18)25(32)27(13-5-14-27)28-26(33)34-17-23-21-8-3-1-6-19(21)20-7-2-4-9-22(20)23/h1-4,6-9,18,23H,5,10-17H2,(H,28,33)(H,30,31). The van der Waals surface area contributed by atoms with E-state index in [9.17, 15) is 14.4 Å². The molecule has 0 spiro atoms. The van der Waals surface area contributed by atoms with Crippen LogP contribution >= 0.6 is 0 Å². The summed E-state index contributed by atoms with van der Waals surface area (Å²) in [6.07, 6.45) is 3.03. The number of alkyl carbamates (subject to hydrolysis) is 1. The molecule has 2 fully saturated rings. The molecule has 1 aliphatic heterocycles. The first-order valence-electron chi connectivity index (χ1n) is 12.1. The first-order chi connectivity index (χ1) is 16.5. The highest BCUT2D eigenvalue weighted by Crippen LogP contribution is 2.44. The molecule has 2 amide bonds. The molecule has 2 aromatic carbocycles. The number of carboxylic acid groups (broad SMARTS) is 1. The molecule has 3 aliphatic rings. The number of hydrogen-bond acceptors (Lipinski definition) is 4. The molecule has 1 atom stereocenters. The van der Waals surface area contributed by atoms with Gasteiger partial charge in [-0.05, 0) is 60.3 Å². The van der Waals surface area contributed by atoms with Gasteiger partial charge in [0.05, 0.1) is 0 Å². The van der Waals surface area contributed by atoms with Gasteiger partial charge in [-0.25, -0.2) is 4.79 Å². The van der Waals surface area contributed by atoms with Crippen LogP contribution in [0, 0.1) is 5.92 Å². The third-order valence-corrected chi connectivity index (χ3v) is 7.64. The summed E-state index contributed by atoms with van der Waals surface area (Å²) in [5.41, 5.74) is 3.74. The summed E-state index contributed by atoms with van der Waals surface area (Å²) in [7, 11) is 0. The molecule has 0 aromatic heterocycles. The van der Waals surface area contributed by atoms with Crippen LogP contribution in [0.4, 0.5) is 4.79 Å². The highest BCUT2D eigenvalue weighted by Gasteiger charge is 2.49. The maximum atomic E-state index is 13.3. The fourth-order valence-electron chi connectivity index (χ4n) is 5.64. The van der Waals surface area contributed by atoms with Crippen molar-refractivity contribution in [2.24, 2.45) is 5.92 Å². The Labute approximate surface area is 199 Å². The predicted molar refractivity (Wildman–Crippen MR) is 126 cm³/mol. The van der Waals surface area contributed by atoms with E-state index < -0.39 is 17.6 Å². The number of carbonyl (C=O) groups excluding carboxylic acids is 2. The fraction of sp³-hybridized carbons (Fsp3) is 0.444. The zero-order valence-corrected chi connectivity index (χ0v) is 19.2. The van der Waals surface area contributed by atoms with Gasteiger partial charge in [0.2, 0.25) is 5.91 Å². The third-order valence-electron chi connectivity index (χ3n) is 7.64. The Morgan fingerprint density at radius 3 is 2.26 bits per heavy atom. The van der Waals surface area contributed by atoms with E-state index in [1.54, 1.807) is 4.90 Å². The topological polar surface area (TPSA) is 95.9 Å². The smallest absolute Gasteiger partial charge is 0.408 e. The van der Waals surface area contributed by atoms with E-state index in [1.807, 2.05) is 24.3 Å². The first-order valence-corrected chi connectivity index (χ1v) is 12.1. The molecule has 7 heteroatoms. The third kappa shape index (κ3) is 4.15. The average Bonchev–Trinajstić information content (AvgIpc) is 3.41. The van der Waals surface area contributed by atoms with E-state index >= 15 is 0 Å². The number of aliphatic carboxylic acids is 1. The molecule has 2 N–H and O–H groups in total. The molecule has 0 bridgehead atoms. The van der Waals surface area contributed by atoms with Gasteiger partial charge in [-0.1, -0.05) is 48.5 Å². The number of fused-ring (bicyclic) bond motifs is 3. The Bertz CT molecular complexity index is 1060. The summed E-state index contributed by atoms with van der Waals surface area (Å²) in [4.78, 5) is 38.8. The Hall–Kier alpha value is -3.35. The molecular formula is C27H30N2O5. The number of hydrogen-bond donors (Lipinski definition) is 2. The van der Waals surface area contributed by atoms with Crippen LogP contribution in [0.1, 0.15) is 55.6 Å². The van der Waals surface area contributed by atoms with Crippen molar-refractivity contribution in [1.29, 1.82) is 0 Å². The molecule has 5 rings (SSSR count). The number of likely N-dealkylation sites (tertiary alicyclic amines) is 1. The van der Waals surface area contributed by atoms with Crippen molar-refractivity contribution in [3.63, 3.8) is 0 Å². The van der Waals surface area contributed by atoms with Crippen LogP contribution in [0.2, 0.25) is 0 Å².